The van der Waals surface area contributed by atoms with E-state index in [0.717, 1.165) is 0 Å². The summed E-state index contributed by atoms with van der Waals surface area (Å²) < 4.78 is 15.6. The van der Waals surface area contributed by atoms with E-state index in [-0.39, 0.29) is 6.61 Å². The Balaban J connectivity index is 3.05. The van der Waals surface area contributed by atoms with Crippen molar-refractivity contribution in [1.82, 2.24) is 5.32 Å². The van der Waals surface area contributed by atoms with Gasteiger partial charge in [-0.25, -0.2) is 9.59 Å². The summed E-state index contributed by atoms with van der Waals surface area (Å²) in [6.45, 7) is 7.64. The van der Waals surface area contributed by atoms with E-state index in [0.29, 0.717) is 13.0 Å². The molecule has 19 heavy (non-hydrogen) atoms. The molecular formula is C13H23NO5. The minimum Gasteiger partial charge on any atom is -0.464 e. The zero-order chi connectivity index (χ0) is 14.7. The lowest BCUT2D eigenvalue weighted by molar-refractivity contribution is -0.178. The molecule has 1 N–H and O–H groups in total. The molecule has 6 nitrogen and oxygen atoms in total. The predicted octanol–water partition coefficient (Wildman–Crippen LogP) is 0.638. The Hall–Kier alpha value is -1.14. The van der Waals surface area contributed by atoms with Crippen molar-refractivity contribution >= 4 is 11.9 Å². The van der Waals surface area contributed by atoms with Crippen molar-refractivity contribution in [2.45, 2.75) is 51.4 Å². The fourth-order valence-corrected chi connectivity index (χ4v) is 2.12. The van der Waals surface area contributed by atoms with Gasteiger partial charge < -0.3 is 14.2 Å². The molecule has 0 saturated carbocycles. The highest BCUT2D eigenvalue weighted by Gasteiger charge is 2.59. The van der Waals surface area contributed by atoms with E-state index in [4.69, 9.17) is 14.2 Å². The van der Waals surface area contributed by atoms with Crippen LogP contribution >= 0.6 is 0 Å². The first kappa shape index (κ1) is 15.9. The fraction of sp³-hybridized carbons (Fsp3) is 0.846. The maximum atomic E-state index is 12.4. The van der Waals surface area contributed by atoms with Crippen LogP contribution in [0.2, 0.25) is 0 Å². The second-order valence-electron chi connectivity index (χ2n) is 5.47. The highest BCUT2D eigenvalue weighted by Crippen LogP contribution is 2.28. The predicted molar refractivity (Wildman–Crippen MR) is 68.6 cm³/mol. The fourth-order valence-electron chi connectivity index (χ4n) is 2.12. The molecular weight excluding hydrogens is 250 g/mol. The van der Waals surface area contributed by atoms with Crippen LogP contribution in [0.15, 0.2) is 0 Å². The highest BCUT2D eigenvalue weighted by atomic mass is 16.6. The van der Waals surface area contributed by atoms with E-state index in [1.165, 1.54) is 7.11 Å². The summed E-state index contributed by atoms with van der Waals surface area (Å²) in [4.78, 5) is 24.6. The largest absolute Gasteiger partial charge is 0.464 e. The first-order valence-electron chi connectivity index (χ1n) is 6.46. The topological polar surface area (TPSA) is 73.9 Å². The van der Waals surface area contributed by atoms with Crippen molar-refractivity contribution in [1.29, 1.82) is 0 Å². The SMILES string of the molecule is CCOC(=O)C1(C(=O)OC(C)(C)C)NCCC1OC. The average molecular weight is 273 g/mol. The van der Waals surface area contributed by atoms with E-state index in [1.54, 1.807) is 27.7 Å². The minimum atomic E-state index is -1.56. The van der Waals surface area contributed by atoms with Gasteiger partial charge in [0.1, 0.15) is 5.60 Å². The second-order valence-corrected chi connectivity index (χ2v) is 5.47. The van der Waals surface area contributed by atoms with Gasteiger partial charge in [0.2, 0.25) is 5.54 Å². The average Bonchev–Trinajstić information content (AvgIpc) is 2.71. The number of hydrogen-bond donors (Lipinski definition) is 1. The van der Waals surface area contributed by atoms with Gasteiger partial charge in [-0.15, -0.1) is 0 Å². The molecule has 110 valence electrons. The Labute approximate surface area is 113 Å². The molecule has 0 aromatic rings. The number of carbonyl (C=O) groups excluding carboxylic acids is 2. The molecule has 0 aliphatic carbocycles. The van der Waals surface area contributed by atoms with Crippen LogP contribution in [-0.4, -0.2) is 49.4 Å². The zero-order valence-electron chi connectivity index (χ0n) is 12.2. The number of rotatable bonds is 4. The number of methoxy groups -OCH3 is 1. The molecule has 0 radical (unpaired) electrons. The first-order valence-corrected chi connectivity index (χ1v) is 6.46. The lowest BCUT2D eigenvalue weighted by atomic mass is 9.94. The quantitative estimate of drug-likeness (QED) is 0.598. The van der Waals surface area contributed by atoms with E-state index in [2.05, 4.69) is 5.32 Å². The Morgan fingerprint density at radius 3 is 2.42 bits per heavy atom. The van der Waals surface area contributed by atoms with Crippen LogP contribution in [-0.2, 0) is 23.8 Å². The van der Waals surface area contributed by atoms with Gasteiger partial charge in [-0.05, 0) is 40.7 Å². The van der Waals surface area contributed by atoms with Crippen molar-refractivity contribution in [2.75, 3.05) is 20.3 Å². The minimum absolute atomic E-state index is 0.196. The van der Waals surface area contributed by atoms with Gasteiger partial charge in [-0.1, -0.05) is 0 Å². The van der Waals surface area contributed by atoms with Crippen LogP contribution in [0.3, 0.4) is 0 Å². The molecule has 1 fully saturated rings. The smallest absolute Gasteiger partial charge is 0.341 e. The van der Waals surface area contributed by atoms with Gasteiger partial charge in [-0.2, -0.15) is 0 Å². The zero-order valence-corrected chi connectivity index (χ0v) is 12.2. The van der Waals surface area contributed by atoms with Crippen LogP contribution in [0.25, 0.3) is 0 Å². The molecule has 2 unspecified atom stereocenters. The van der Waals surface area contributed by atoms with Gasteiger partial charge in [0.15, 0.2) is 0 Å². The standard InChI is InChI=1S/C13H23NO5/c1-6-18-10(15)13(9(17-5)7-8-14-13)11(16)19-12(2,3)4/h9,14H,6-8H2,1-5H3. The molecule has 6 heteroatoms. The van der Waals surface area contributed by atoms with Crippen LogP contribution < -0.4 is 5.32 Å². The molecule has 1 aliphatic heterocycles. The lowest BCUT2D eigenvalue weighted by Crippen LogP contribution is -2.63. The Kier molecular flexibility index (Phi) is 4.92. The van der Waals surface area contributed by atoms with E-state index < -0.39 is 29.2 Å². The third-order valence-corrected chi connectivity index (χ3v) is 2.90. The molecule has 0 aromatic heterocycles. The first-order chi connectivity index (χ1) is 8.78. The maximum absolute atomic E-state index is 12.4. The number of nitrogens with one attached hydrogen (secondary N) is 1. The summed E-state index contributed by atoms with van der Waals surface area (Å²) >= 11 is 0. The lowest BCUT2D eigenvalue weighted by Gasteiger charge is -2.32. The van der Waals surface area contributed by atoms with Gasteiger partial charge in [0.25, 0.3) is 0 Å². The highest BCUT2D eigenvalue weighted by molar-refractivity contribution is 6.06. The summed E-state index contributed by atoms with van der Waals surface area (Å²) in [5.41, 5.74) is -2.24. The third-order valence-electron chi connectivity index (χ3n) is 2.90. The second kappa shape index (κ2) is 5.88. The van der Waals surface area contributed by atoms with Crippen molar-refractivity contribution in [2.24, 2.45) is 0 Å². The molecule has 0 amide bonds. The van der Waals surface area contributed by atoms with Crippen molar-refractivity contribution in [3.63, 3.8) is 0 Å². The molecule has 1 saturated heterocycles. The molecule has 1 rings (SSSR count). The van der Waals surface area contributed by atoms with Crippen LogP contribution in [0, 0.1) is 0 Å². The van der Waals surface area contributed by atoms with E-state index >= 15 is 0 Å². The van der Waals surface area contributed by atoms with E-state index in [9.17, 15) is 9.59 Å². The summed E-state index contributed by atoms with van der Waals surface area (Å²) in [5, 5.41) is 2.90. The summed E-state index contributed by atoms with van der Waals surface area (Å²) in [6.07, 6.45) is -0.0319. The Morgan fingerprint density at radius 2 is 1.95 bits per heavy atom. The number of hydrogen-bond acceptors (Lipinski definition) is 6. The molecule has 0 aromatic carbocycles. The molecule has 1 heterocycles. The van der Waals surface area contributed by atoms with Gasteiger partial charge in [0, 0.05) is 7.11 Å². The molecule has 0 bridgehead atoms. The summed E-state index contributed by atoms with van der Waals surface area (Å²) in [7, 11) is 1.47. The molecule has 2 atom stereocenters. The van der Waals surface area contributed by atoms with Crippen LogP contribution in [0.1, 0.15) is 34.1 Å². The third kappa shape index (κ3) is 3.25. The van der Waals surface area contributed by atoms with Gasteiger partial charge in [0.05, 0.1) is 12.7 Å². The Morgan fingerprint density at radius 1 is 1.32 bits per heavy atom. The van der Waals surface area contributed by atoms with Gasteiger partial charge >= 0.3 is 11.9 Å². The normalized spacial score (nSPS) is 27.1. The van der Waals surface area contributed by atoms with Crippen LogP contribution in [0.4, 0.5) is 0 Å². The van der Waals surface area contributed by atoms with E-state index in [1.807, 2.05) is 0 Å². The van der Waals surface area contributed by atoms with Crippen LogP contribution in [0.5, 0.6) is 0 Å². The number of esters is 2. The Bertz CT molecular complexity index is 349. The summed E-state index contributed by atoms with van der Waals surface area (Å²) in [5.74, 6) is -1.30. The number of ether oxygens (including phenoxy) is 3. The van der Waals surface area contributed by atoms with Crippen molar-refractivity contribution < 1.29 is 23.8 Å². The molecule has 1 aliphatic rings. The maximum Gasteiger partial charge on any atom is 0.341 e. The molecule has 0 spiro atoms. The monoisotopic (exact) mass is 273 g/mol. The van der Waals surface area contributed by atoms with Crippen molar-refractivity contribution in [3.05, 3.63) is 0 Å². The van der Waals surface area contributed by atoms with Crippen molar-refractivity contribution in [3.8, 4) is 0 Å². The van der Waals surface area contributed by atoms with Gasteiger partial charge in [-0.3, -0.25) is 5.32 Å². The number of carbonyl (C=O) groups is 2. The summed E-state index contributed by atoms with van der Waals surface area (Å²) in [6, 6.07) is 0.